The summed E-state index contributed by atoms with van der Waals surface area (Å²) in [5.41, 5.74) is 0.667. The number of carboxylic acids is 1. The molecule has 0 radical (unpaired) electrons. The Kier molecular flexibility index (Phi) is 5.71. The summed E-state index contributed by atoms with van der Waals surface area (Å²) in [7, 11) is 1.46. The zero-order valence-corrected chi connectivity index (χ0v) is 11.9. The Morgan fingerprint density at radius 2 is 1.81 bits per heavy atom. The van der Waals surface area contributed by atoms with Crippen LogP contribution in [0, 0.1) is 0 Å². The lowest BCUT2D eigenvalue weighted by molar-refractivity contribution is -0.142. The van der Waals surface area contributed by atoms with Crippen LogP contribution in [-0.2, 0) is 20.8 Å². The summed E-state index contributed by atoms with van der Waals surface area (Å²) in [5.74, 6) is -1.91. The first-order chi connectivity index (χ1) is 9.79. The van der Waals surface area contributed by atoms with E-state index in [1.165, 1.54) is 31.0 Å². The molecule has 2 amide bonds. The Hall–Kier alpha value is -2.57. The highest BCUT2D eigenvalue weighted by atomic mass is 16.4. The number of nitrogens with zero attached hydrogens (tertiary/aromatic N) is 1. The van der Waals surface area contributed by atoms with Crippen LogP contribution in [0.3, 0.4) is 0 Å². The molecule has 21 heavy (non-hydrogen) atoms. The largest absolute Gasteiger partial charge is 0.508 e. The number of rotatable bonds is 6. The molecular weight excluding hydrogens is 276 g/mol. The van der Waals surface area contributed by atoms with Crippen LogP contribution < -0.4 is 5.32 Å². The van der Waals surface area contributed by atoms with Gasteiger partial charge in [-0.05, 0) is 17.7 Å². The fraction of sp³-hybridized carbons (Fsp3) is 0.357. The van der Waals surface area contributed by atoms with E-state index in [0.29, 0.717) is 5.56 Å². The van der Waals surface area contributed by atoms with Crippen molar-refractivity contribution >= 4 is 17.8 Å². The molecular formula is C14H18N2O5. The van der Waals surface area contributed by atoms with E-state index >= 15 is 0 Å². The summed E-state index contributed by atoms with van der Waals surface area (Å²) in [5, 5.41) is 20.7. The van der Waals surface area contributed by atoms with Crippen molar-refractivity contribution in [1.29, 1.82) is 0 Å². The molecule has 0 spiro atoms. The summed E-state index contributed by atoms with van der Waals surface area (Å²) >= 11 is 0. The van der Waals surface area contributed by atoms with Crippen LogP contribution in [0.2, 0.25) is 0 Å². The average Bonchev–Trinajstić information content (AvgIpc) is 2.40. The van der Waals surface area contributed by atoms with E-state index in [4.69, 9.17) is 5.11 Å². The highest BCUT2D eigenvalue weighted by Crippen LogP contribution is 2.11. The highest BCUT2D eigenvalue weighted by molar-refractivity contribution is 5.87. The van der Waals surface area contributed by atoms with Crippen LogP contribution in [0.1, 0.15) is 12.5 Å². The van der Waals surface area contributed by atoms with E-state index in [1.807, 2.05) is 0 Å². The number of aromatic hydroxyl groups is 1. The van der Waals surface area contributed by atoms with Crippen molar-refractivity contribution in [2.75, 3.05) is 13.6 Å². The monoisotopic (exact) mass is 294 g/mol. The van der Waals surface area contributed by atoms with Gasteiger partial charge in [-0.1, -0.05) is 12.1 Å². The molecule has 0 unspecified atom stereocenters. The maximum absolute atomic E-state index is 11.7. The van der Waals surface area contributed by atoms with E-state index in [0.717, 1.165) is 0 Å². The summed E-state index contributed by atoms with van der Waals surface area (Å²) in [6.45, 7) is 1.12. The molecule has 0 aliphatic rings. The molecule has 0 bridgehead atoms. The first-order valence-electron chi connectivity index (χ1n) is 6.31. The van der Waals surface area contributed by atoms with Gasteiger partial charge in [0.1, 0.15) is 11.8 Å². The number of aliphatic carboxylic acids is 1. The SMILES string of the molecule is CC(=O)N(C)CC(=O)N[C@H](Cc1ccc(O)cc1)C(=O)O. The second-order valence-corrected chi connectivity index (χ2v) is 4.70. The van der Waals surface area contributed by atoms with E-state index in [1.54, 1.807) is 12.1 Å². The molecule has 0 aliphatic heterocycles. The van der Waals surface area contributed by atoms with Gasteiger partial charge in [0.25, 0.3) is 0 Å². The number of nitrogens with one attached hydrogen (secondary N) is 1. The zero-order valence-electron chi connectivity index (χ0n) is 11.9. The van der Waals surface area contributed by atoms with E-state index in [9.17, 15) is 19.5 Å². The number of phenolic OH excluding ortho intramolecular Hbond substituents is 1. The predicted molar refractivity (Wildman–Crippen MR) is 74.7 cm³/mol. The van der Waals surface area contributed by atoms with Crippen LogP contribution in [0.25, 0.3) is 0 Å². The minimum Gasteiger partial charge on any atom is -0.508 e. The third-order valence-corrected chi connectivity index (χ3v) is 2.93. The normalized spacial score (nSPS) is 11.5. The topological polar surface area (TPSA) is 107 Å². The van der Waals surface area contributed by atoms with Gasteiger partial charge in [0, 0.05) is 20.4 Å². The van der Waals surface area contributed by atoms with Gasteiger partial charge in [0.2, 0.25) is 11.8 Å². The fourth-order valence-electron chi connectivity index (χ4n) is 1.63. The first kappa shape index (κ1) is 16.5. The van der Waals surface area contributed by atoms with Crippen molar-refractivity contribution < 1.29 is 24.6 Å². The quantitative estimate of drug-likeness (QED) is 0.683. The van der Waals surface area contributed by atoms with Crippen LogP contribution >= 0.6 is 0 Å². The van der Waals surface area contributed by atoms with Crippen molar-refractivity contribution in [3.63, 3.8) is 0 Å². The fourth-order valence-corrected chi connectivity index (χ4v) is 1.63. The number of carbonyl (C=O) groups is 3. The van der Waals surface area contributed by atoms with Crippen molar-refractivity contribution in [2.45, 2.75) is 19.4 Å². The molecule has 0 fully saturated rings. The lowest BCUT2D eigenvalue weighted by Gasteiger charge is -2.18. The number of benzene rings is 1. The Morgan fingerprint density at radius 1 is 1.24 bits per heavy atom. The third-order valence-electron chi connectivity index (χ3n) is 2.93. The van der Waals surface area contributed by atoms with Crippen LogP contribution in [0.5, 0.6) is 5.75 Å². The van der Waals surface area contributed by atoms with Gasteiger partial charge in [-0.2, -0.15) is 0 Å². The van der Waals surface area contributed by atoms with Gasteiger partial charge in [-0.15, -0.1) is 0 Å². The number of carbonyl (C=O) groups excluding carboxylic acids is 2. The van der Waals surface area contributed by atoms with Crippen molar-refractivity contribution in [3.8, 4) is 5.75 Å². The van der Waals surface area contributed by atoms with Gasteiger partial charge >= 0.3 is 5.97 Å². The zero-order chi connectivity index (χ0) is 16.0. The Balaban J connectivity index is 2.65. The standard InChI is InChI=1S/C14H18N2O5/c1-9(17)16(2)8-13(19)15-12(14(20)21)7-10-3-5-11(18)6-4-10/h3-6,12,18H,7-8H2,1-2H3,(H,15,19)(H,20,21)/t12-/m1/s1. The molecule has 1 aromatic rings. The van der Waals surface area contributed by atoms with Gasteiger partial charge in [-0.3, -0.25) is 9.59 Å². The molecule has 0 heterocycles. The smallest absolute Gasteiger partial charge is 0.326 e. The van der Waals surface area contributed by atoms with Gasteiger partial charge in [0.05, 0.1) is 6.54 Å². The van der Waals surface area contributed by atoms with Crippen molar-refractivity contribution in [1.82, 2.24) is 10.2 Å². The number of hydrogen-bond acceptors (Lipinski definition) is 4. The van der Waals surface area contributed by atoms with E-state index < -0.39 is 17.9 Å². The third kappa shape index (κ3) is 5.52. The summed E-state index contributed by atoms with van der Waals surface area (Å²) in [6.07, 6.45) is 0.0884. The van der Waals surface area contributed by atoms with Crippen molar-refractivity contribution in [2.24, 2.45) is 0 Å². The second kappa shape index (κ2) is 7.28. The minimum absolute atomic E-state index is 0.0812. The molecule has 0 saturated heterocycles. The van der Waals surface area contributed by atoms with Crippen LogP contribution in [-0.4, -0.2) is 52.5 Å². The number of likely N-dealkylation sites (N-methyl/N-ethyl adjacent to an activating group) is 1. The molecule has 1 rings (SSSR count). The number of phenols is 1. The Bertz CT molecular complexity index is 527. The Labute approximate surface area is 122 Å². The first-order valence-corrected chi connectivity index (χ1v) is 6.31. The maximum atomic E-state index is 11.7. The predicted octanol–water partition coefficient (Wildman–Crippen LogP) is -0.0176. The molecule has 0 aromatic heterocycles. The molecule has 7 heteroatoms. The Morgan fingerprint density at radius 3 is 2.29 bits per heavy atom. The number of amides is 2. The van der Waals surface area contributed by atoms with E-state index in [2.05, 4.69) is 5.32 Å². The molecule has 0 aliphatic carbocycles. The minimum atomic E-state index is -1.16. The van der Waals surface area contributed by atoms with Crippen LogP contribution in [0.15, 0.2) is 24.3 Å². The van der Waals surface area contributed by atoms with Gasteiger partial charge in [-0.25, -0.2) is 4.79 Å². The van der Waals surface area contributed by atoms with Crippen LogP contribution in [0.4, 0.5) is 0 Å². The molecule has 114 valence electrons. The molecule has 1 aromatic carbocycles. The summed E-state index contributed by atoms with van der Waals surface area (Å²) < 4.78 is 0. The molecule has 0 saturated carbocycles. The van der Waals surface area contributed by atoms with Gasteiger partial charge in [0.15, 0.2) is 0 Å². The van der Waals surface area contributed by atoms with Gasteiger partial charge < -0.3 is 20.4 Å². The highest BCUT2D eigenvalue weighted by Gasteiger charge is 2.21. The maximum Gasteiger partial charge on any atom is 0.326 e. The lowest BCUT2D eigenvalue weighted by Crippen LogP contribution is -2.46. The molecule has 1 atom stereocenters. The average molecular weight is 294 g/mol. The molecule has 3 N–H and O–H groups in total. The lowest BCUT2D eigenvalue weighted by atomic mass is 10.1. The van der Waals surface area contributed by atoms with E-state index in [-0.39, 0.29) is 24.6 Å². The molecule has 7 nitrogen and oxygen atoms in total. The summed E-state index contributed by atoms with van der Waals surface area (Å²) in [4.78, 5) is 35.1. The second-order valence-electron chi connectivity index (χ2n) is 4.70. The van der Waals surface area contributed by atoms with Crippen molar-refractivity contribution in [3.05, 3.63) is 29.8 Å². The summed E-state index contributed by atoms with van der Waals surface area (Å²) in [6, 6.07) is 4.96. The number of carboxylic acid groups (broad SMARTS) is 1. The number of hydrogen-bond donors (Lipinski definition) is 3.